The van der Waals surface area contributed by atoms with Crippen LogP contribution in [0.1, 0.15) is 32.1 Å². The van der Waals surface area contributed by atoms with E-state index in [2.05, 4.69) is 33.8 Å². The topological polar surface area (TPSA) is 17.8 Å². The van der Waals surface area contributed by atoms with Crippen LogP contribution in [0.4, 0.5) is 0 Å². The minimum Gasteiger partial charge on any atom is -0.330 e. The molecule has 0 amide bonds. The summed E-state index contributed by atoms with van der Waals surface area (Å²) < 4.78 is 2.27. The van der Waals surface area contributed by atoms with Crippen LogP contribution in [0.2, 0.25) is 0 Å². The first-order chi connectivity index (χ1) is 8.43. The molecule has 2 heteroatoms. The molecule has 17 heavy (non-hydrogen) atoms. The number of benzene rings is 1. The lowest BCUT2D eigenvalue weighted by atomic mass is 9.97. The molecular weight excluding hydrogens is 208 g/mol. The summed E-state index contributed by atoms with van der Waals surface area (Å²) in [6.07, 6.45) is 10.9. The lowest BCUT2D eigenvalue weighted by molar-refractivity contribution is 0.633. The molecule has 0 aliphatic heterocycles. The molecule has 0 saturated heterocycles. The van der Waals surface area contributed by atoms with Crippen molar-refractivity contribution in [1.29, 1.82) is 0 Å². The van der Waals surface area contributed by atoms with Crippen molar-refractivity contribution in [1.82, 2.24) is 9.55 Å². The van der Waals surface area contributed by atoms with Crippen molar-refractivity contribution in [2.75, 3.05) is 0 Å². The Morgan fingerprint density at radius 1 is 1.18 bits per heavy atom. The van der Waals surface area contributed by atoms with Gasteiger partial charge in [-0.2, -0.15) is 0 Å². The van der Waals surface area contributed by atoms with Gasteiger partial charge in [0.15, 0.2) is 0 Å². The number of fused-ring (bicyclic) bond motifs is 1. The molecule has 0 radical (unpaired) electrons. The third-order valence-corrected chi connectivity index (χ3v) is 3.59. The Morgan fingerprint density at radius 3 is 3.00 bits per heavy atom. The zero-order valence-corrected chi connectivity index (χ0v) is 10.1. The fourth-order valence-corrected chi connectivity index (χ4v) is 2.58. The maximum atomic E-state index is 4.43. The van der Waals surface area contributed by atoms with Gasteiger partial charge in [0.2, 0.25) is 0 Å². The van der Waals surface area contributed by atoms with Crippen molar-refractivity contribution >= 4 is 11.0 Å². The summed E-state index contributed by atoms with van der Waals surface area (Å²) >= 11 is 0. The summed E-state index contributed by atoms with van der Waals surface area (Å²) in [6.45, 7) is 1.06. The van der Waals surface area contributed by atoms with Crippen molar-refractivity contribution in [3.05, 3.63) is 42.2 Å². The molecule has 1 aliphatic carbocycles. The molecule has 0 bridgehead atoms. The second-order valence-corrected chi connectivity index (χ2v) is 4.78. The predicted octanol–water partition coefficient (Wildman–Crippen LogP) is 3.93. The smallest absolute Gasteiger partial charge is 0.0958 e. The number of aromatic nitrogens is 2. The van der Waals surface area contributed by atoms with Gasteiger partial charge in [-0.15, -0.1) is 0 Å². The van der Waals surface area contributed by atoms with E-state index in [0.717, 1.165) is 12.1 Å². The first-order valence-corrected chi connectivity index (χ1v) is 6.51. The van der Waals surface area contributed by atoms with Crippen LogP contribution in [0, 0.1) is 0 Å². The minimum atomic E-state index is 1.06. The molecule has 1 aromatic carbocycles. The number of hydrogen-bond acceptors (Lipinski definition) is 1. The molecule has 1 aliphatic rings. The Labute approximate surface area is 102 Å². The van der Waals surface area contributed by atoms with E-state index in [0.29, 0.717) is 0 Å². The van der Waals surface area contributed by atoms with Gasteiger partial charge in [-0.1, -0.05) is 23.8 Å². The SMILES string of the molecule is C1=C(CCn2cnc3ccccc32)CCCC1. The fourth-order valence-electron chi connectivity index (χ4n) is 2.58. The van der Waals surface area contributed by atoms with Crippen LogP contribution < -0.4 is 0 Å². The van der Waals surface area contributed by atoms with Gasteiger partial charge < -0.3 is 4.57 Å². The van der Waals surface area contributed by atoms with Gasteiger partial charge in [0.1, 0.15) is 0 Å². The molecule has 3 rings (SSSR count). The van der Waals surface area contributed by atoms with Crippen molar-refractivity contribution in [3.63, 3.8) is 0 Å². The van der Waals surface area contributed by atoms with Crippen molar-refractivity contribution in [3.8, 4) is 0 Å². The number of imidazole rings is 1. The van der Waals surface area contributed by atoms with Gasteiger partial charge in [0.05, 0.1) is 17.4 Å². The van der Waals surface area contributed by atoms with Crippen molar-refractivity contribution in [2.45, 2.75) is 38.6 Å². The number of allylic oxidation sites excluding steroid dienone is 2. The van der Waals surface area contributed by atoms with E-state index in [1.54, 1.807) is 5.57 Å². The highest BCUT2D eigenvalue weighted by Crippen LogP contribution is 2.21. The van der Waals surface area contributed by atoms with Crippen LogP contribution >= 0.6 is 0 Å². The Bertz CT molecular complexity index is 537. The second kappa shape index (κ2) is 4.74. The average Bonchev–Trinajstić information content (AvgIpc) is 2.81. The molecule has 0 saturated carbocycles. The molecule has 0 unspecified atom stereocenters. The maximum absolute atomic E-state index is 4.43. The molecular formula is C15H18N2. The van der Waals surface area contributed by atoms with Crippen molar-refractivity contribution in [2.24, 2.45) is 0 Å². The summed E-state index contributed by atoms with van der Waals surface area (Å²) in [7, 11) is 0. The van der Waals surface area contributed by atoms with E-state index in [9.17, 15) is 0 Å². The largest absolute Gasteiger partial charge is 0.330 e. The van der Waals surface area contributed by atoms with Crippen LogP contribution in [-0.4, -0.2) is 9.55 Å². The molecule has 0 N–H and O–H groups in total. The van der Waals surface area contributed by atoms with Crippen LogP contribution in [0.5, 0.6) is 0 Å². The zero-order valence-electron chi connectivity index (χ0n) is 10.1. The number of rotatable bonds is 3. The molecule has 1 aromatic heterocycles. The molecule has 2 aromatic rings. The number of aryl methyl sites for hydroxylation is 1. The molecule has 0 spiro atoms. The first-order valence-electron chi connectivity index (χ1n) is 6.51. The molecule has 1 heterocycles. The van der Waals surface area contributed by atoms with Gasteiger partial charge in [-0.25, -0.2) is 4.98 Å². The quantitative estimate of drug-likeness (QED) is 0.725. The van der Waals surface area contributed by atoms with E-state index in [4.69, 9.17) is 0 Å². The molecule has 2 nitrogen and oxygen atoms in total. The van der Waals surface area contributed by atoms with E-state index in [1.807, 2.05) is 12.4 Å². The van der Waals surface area contributed by atoms with Crippen LogP contribution in [0.25, 0.3) is 11.0 Å². The highest BCUT2D eigenvalue weighted by Gasteiger charge is 2.05. The standard InChI is InChI=1S/C15H18N2/c1-2-6-13(7-3-1)10-11-17-12-16-14-8-4-5-9-15(14)17/h4-6,8-9,12H,1-3,7,10-11H2. The Morgan fingerprint density at radius 2 is 2.12 bits per heavy atom. The Hall–Kier alpha value is -1.57. The van der Waals surface area contributed by atoms with Crippen LogP contribution in [0.3, 0.4) is 0 Å². The zero-order chi connectivity index (χ0) is 11.5. The maximum Gasteiger partial charge on any atom is 0.0958 e. The Kier molecular flexibility index (Phi) is 2.95. The number of nitrogens with zero attached hydrogens (tertiary/aromatic N) is 2. The van der Waals surface area contributed by atoms with Crippen molar-refractivity contribution < 1.29 is 0 Å². The van der Waals surface area contributed by atoms with E-state index in [1.165, 1.54) is 37.6 Å². The van der Waals surface area contributed by atoms with Crippen LogP contribution in [-0.2, 0) is 6.54 Å². The highest BCUT2D eigenvalue weighted by atomic mass is 15.0. The highest BCUT2D eigenvalue weighted by molar-refractivity contribution is 5.74. The normalized spacial score (nSPS) is 16.1. The van der Waals surface area contributed by atoms with Gasteiger partial charge in [0.25, 0.3) is 0 Å². The summed E-state index contributed by atoms with van der Waals surface area (Å²) in [5, 5.41) is 0. The second-order valence-electron chi connectivity index (χ2n) is 4.78. The van der Waals surface area contributed by atoms with E-state index < -0.39 is 0 Å². The fraction of sp³-hybridized carbons (Fsp3) is 0.400. The molecule has 88 valence electrons. The van der Waals surface area contributed by atoms with Gasteiger partial charge in [-0.3, -0.25) is 0 Å². The predicted molar refractivity (Wildman–Crippen MR) is 70.9 cm³/mol. The minimum absolute atomic E-state index is 1.06. The van der Waals surface area contributed by atoms with Crippen LogP contribution in [0.15, 0.2) is 42.2 Å². The lowest BCUT2D eigenvalue weighted by Crippen LogP contribution is -2.00. The summed E-state index contributed by atoms with van der Waals surface area (Å²) in [5.41, 5.74) is 3.99. The monoisotopic (exact) mass is 226 g/mol. The van der Waals surface area contributed by atoms with E-state index >= 15 is 0 Å². The first kappa shape index (κ1) is 10.6. The summed E-state index contributed by atoms with van der Waals surface area (Å²) in [6, 6.07) is 8.35. The Balaban J connectivity index is 1.74. The summed E-state index contributed by atoms with van der Waals surface area (Å²) in [5.74, 6) is 0. The molecule has 0 atom stereocenters. The van der Waals surface area contributed by atoms with Gasteiger partial charge in [-0.05, 0) is 44.2 Å². The third-order valence-electron chi connectivity index (χ3n) is 3.59. The molecule has 0 fully saturated rings. The van der Waals surface area contributed by atoms with E-state index in [-0.39, 0.29) is 0 Å². The lowest BCUT2D eigenvalue weighted by Gasteiger charge is -2.13. The number of hydrogen-bond donors (Lipinski definition) is 0. The average molecular weight is 226 g/mol. The van der Waals surface area contributed by atoms with Gasteiger partial charge >= 0.3 is 0 Å². The summed E-state index contributed by atoms with van der Waals surface area (Å²) in [4.78, 5) is 4.43. The van der Waals surface area contributed by atoms with Gasteiger partial charge in [0, 0.05) is 6.54 Å². The third kappa shape index (κ3) is 2.26. The number of para-hydroxylation sites is 2.